The maximum atomic E-state index is 12.6. The van der Waals surface area contributed by atoms with Gasteiger partial charge in [-0.15, -0.1) is 0 Å². The molecule has 1 unspecified atom stereocenters. The van der Waals surface area contributed by atoms with Crippen LogP contribution < -0.4 is 0 Å². The number of benzene rings is 1. The van der Waals surface area contributed by atoms with Gasteiger partial charge >= 0.3 is 5.30 Å². The first kappa shape index (κ1) is 19.4. The van der Waals surface area contributed by atoms with Crippen LogP contribution in [0.1, 0.15) is 40.0 Å². The third-order valence-corrected chi connectivity index (χ3v) is 6.32. The van der Waals surface area contributed by atoms with Crippen LogP contribution in [0.2, 0.25) is 0 Å². The summed E-state index contributed by atoms with van der Waals surface area (Å²) in [5, 5.41) is 9.62. The van der Waals surface area contributed by atoms with Gasteiger partial charge in [-0.05, 0) is 49.1 Å². The van der Waals surface area contributed by atoms with E-state index in [2.05, 4.69) is 20.8 Å². The van der Waals surface area contributed by atoms with Gasteiger partial charge in [0.25, 0.3) is 5.69 Å². The van der Waals surface area contributed by atoms with E-state index in [-0.39, 0.29) is 22.6 Å². The van der Waals surface area contributed by atoms with E-state index >= 15 is 0 Å². The van der Waals surface area contributed by atoms with Gasteiger partial charge in [-0.3, -0.25) is 10.1 Å². The molecule has 8 heteroatoms. The minimum absolute atomic E-state index is 0.0756. The Kier molecular flexibility index (Phi) is 5.82. The second kappa shape index (κ2) is 7.51. The summed E-state index contributed by atoms with van der Waals surface area (Å²) in [5.41, 5.74) is -0.187. The number of hydrogen-bond acceptors (Lipinski definition) is 6. The molecule has 0 aromatic heterocycles. The van der Waals surface area contributed by atoms with Crippen LogP contribution in [0.25, 0.3) is 0 Å². The molecule has 0 amide bonds. The van der Waals surface area contributed by atoms with Crippen LogP contribution in [-0.2, 0) is 14.5 Å². The average molecular weight is 368 g/mol. The standard InChI is InChI=1S/C17H24N2O5S/c1-11(2)15-10-12(3)4-9-16(15)24-17(20)25(18,23)14-7-5-13(6-8-14)19(21)22/h5-8,11-12,15-16,18H,4,9-10H2,1-3H3/t12-,15+,16-,25?/m1/s1. The third kappa shape index (κ3) is 4.36. The van der Waals surface area contributed by atoms with Crippen LogP contribution in [0.3, 0.4) is 0 Å². The average Bonchev–Trinajstić information content (AvgIpc) is 2.56. The Bertz CT molecular complexity index is 743. The normalized spacial score (nSPS) is 26.0. The topological polar surface area (TPSA) is 110 Å². The van der Waals surface area contributed by atoms with Gasteiger partial charge in [0.1, 0.15) is 6.10 Å². The van der Waals surface area contributed by atoms with E-state index in [1.807, 2.05) is 0 Å². The van der Waals surface area contributed by atoms with Crippen molar-refractivity contribution in [3.63, 3.8) is 0 Å². The summed E-state index contributed by atoms with van der Waals surface area (Å²) in [6.45, 7) is 6.30. The van der Waals surface area contributed by atoms with E-state index in [0.29, 0.717) is 18.3 Å². The molecule has 0 saturated heterocycles. The van der Waals surface area contributed by atoms with E-state index in [1.54, 1.807) is 0 Å². The van der Waals surface area contributed by atoms with Crippen molar-refractivity contribution < 1.29 is 18.7 Å². The number of nitrogens with zero attached hydrogens (tertiary/aromatic N) is 1. The molecule has 0 aliphatic heterocycles. The van der Waals surface area contributed by atoms with Crippen molar-refractivity contribution in [3.8, 4) is 0 Å². The van der Waals surface area contributed by atoms with Gasteiger partial charge in [0.05, 0.1) is 9.82 Å². The Morgan fingerprint density at radius 2 is 1.92 bits per heavy atom. The second-order valence-corrected chi connectivity index (χ2v) is 8.96. The number of nitro benzene ring substituents is 1. The van der Waals surface area contributed by atoms with Crippen molar-refractivity contribution in [3.05, 3.63) is 34.4 Å². The molecule has 0 spiro atoms. The quantitative estimate of drug-likeness (QED) is 0.474. The first-order valence-electron chi connectivity index (χ1n) is 8.36. The van der Waals surface area contributed by atoms with E-state index < -0.39 is 20.0 Å². The first-order valence-corrected chi connectivity index (χ1v) is 9.92. The minimum Gasteiger partial charge on any atom is -0.451 e. The number of carbonyl (C=O) groups is 1. The Morgan fingerprint density at radius 3 is 2.44 bits per heavy atom. The SMILES string of the molecule is CC(C)[C@@H]1C[C@H](C)CC[C@H]1OC(=O)S(=N)(=O)c1ccc([N+](=O)[O-])cc1. The molecular formula is C17H24N2O5S. The highest BCUT2D eigenvalue weighted by Gasteiger charge is 2.35. The maximum absolute atomic E-state index is 12.6. The summed E-state index contributed by atoms with van der Waals surface area (Å²) < 4.78 is 26.0. The van der Waals surface area contributed by atoms with Gasteiger partial charge in [-0.1, -0.05) is 20.8 Å². The number of rotatable bonds is 4. The third-order valence-electron chi connectivity index (χ3n) is 4.81. The smallest absolute Gasteiger partial charge is 0.410 e. The lowest BCUT2D eigenvalue weighted by atomic mass is 9.75. The molecule has 1 aliphatic rings. The largest absolute Gasteiger partial charge is 0.451 e. The summed E-state index contributed by atoms with van der Waals surface area (Å²) in [7, 11) is -3.83. The highest BCUT2D eigenvalue weighted by Crippen LogP contribution is 2.36. The van der Waals surface area contributed by atoms with Crippen molar-refractivity contribution >= 4 is 20.7 Å². The van der Waals surface area contributed by atoms with Crippen molar-refractivity contribution in [2.75, 3.05) is 0 Å². The Balaban J connectivity index is 2.16. The van der Waals surface area contributed by atoms with E-state index in [0.717, 1.165) is 25.0 Å². The van der Waals surface area contributed by atoms with Crippen LogP contribution in [0.5, 0.6) is 0 Å². The lowest BCUT2D eigenvalue weighted by molar-refractivity contribution is -0.384. The summed E-state index contributed by atoms with van der Waals surface area (Å²) >= 11 is 0. The van der Waals surface area contributed by atoms with Crippen LogP contribution in [-0.4, -0.2) is 20.5 Å². The van der Waals surface area contributed by atoms with Gasteiger partial charge in [-0.2, -0.15) is 0 Å². The Labute approximate surface area is 147 Å². The zero-order valence-electron chi connectivity index (χ0n) is 14.6. The predicted molar refractivity (Wildman–Crippen MR) is 93.8 cm³/mol. The number of non-ortho nitro benzene ring substituents is 1. The molecule has 138 valence electrons. The van der Waals surface area contributed by atoms with Crippen LogP contribution in [0, 0.1) is 32.6 Å². The molecule has 25 heavy (non-hydrogen) atoms. The number of nitrogens with one attached hydrogen (secondary N) is 1. The van der Waals surface area contributed by atoms with Crippen LogP contribution in [0.15, 0.2) is 29.2 Å². The number of nitro groups is 1. The fraction of sp³-hybridized carbons (Fsp3) is 0.588. The van der Waals surface area contributed by atoms with Gasteiger partial charge < -0.3 is 4.74 Å². The Hall–Kier alpha value is -1.96. The molecule has 0 radical (unpaired) electrons. The number of ether oxygens (including phenoxy) is 1. The second-order valence-electron chi connectivity index (χ2n) is 7.04. The number of hydrogen-bond donors (Lipinski definition) is 1. The lowest BCUT2D eigenvalue weighted by Crippen LogP contribution is -2.36. The molecule has 0 bridgehead atoms. The molecule has 1 aromatic rings. The molecule has 7 nitrogen and oxygen atoms in total. The predicted octanol–water partition coefficient (Wildman–Crippen LogP) is 4.60. The van der Waals surface area contributed by atoms with Gasteiger partial charge in [-0.25, -0.2) is 13.8 Å². The summed E-state index contributed by atoms with van der Waals surface area (Å²) in [6.07, 6.45) is 2.23. The maximum Gasteiger partial charge on any atom is 0.410 e. The molecule has 4 atom stereocenters. The highest BCUT2D eigenvalue weighted by molar-refractivity contribution is 8.06. The van der Waals surface area contributed by atoms with E-state index in [4.69, 9.17) is 9.52 Å². The molecule has 1 aromatic carbocycles. The van der Waals surface area contributed by atoms with Crippen molar-refractivity contribution in [2.45, 2.75) is 51.0 Å². The number of carbonyl (C=O) groups excluding carboxylic acids is 1. The first-order chi connectivity index (χ1) is 11.6. The molecule has 2 rings (SSSR count). The molecule has 0 heterocycles. The van der Waals surface area contributed by atoms with Gasteiger partial charge in [0, 0.05) is 12.1 Å². The molecule has 1 saturated carbocycles. The molecular weight excluding hydrogens is 344 g/mol. The summed E-state index contributed by atoms with van der Waals surface area (Å²) in [5.74, 6) is 1.05. The van der Waals surface area contributed by atoms with Gasteiger partial charge in [0.2, 0.25) is 0 Å². The monoisotopic (exact) mass is 368 g/mol. The van der Waals surface area contributed by atoms with E-state index in [1.165, 1.54) is 12.1 Å². The zero-order valence-corrected chi connectivity index (χ0v) is 15.5. The molecule has 1 aliphatic carbocycles. The highest BCUT2D eigenvalue weighted by atomic mass is 32.2. The van der Waals surface area contributed by atoms with Crippen LogP contribution >= 0.6 is 0 Å². The molecule has 1 N–H and O–H groups in total. The molecule has 1 fully saturated rings. The Morgan fingerprint density at radius 1 is 1.32 bits per heavy atom. The summed E-state index contributed by atoms with van der Waals surface area (Å²) in [6, 6.07) is 4.63. The van der Waals surface area contributed by atoms with E-state index in [9.17, 15) is 19.1 Å². The van der Waals surface area contributed by atoms with Crippen LogP contribution in [0.4, 0.5) is 10.5 Å². The summed E-state index contributed by atoms with van der Waals surface area (Å²) in [4.78, 5) is 22.4. The van der Waals surface area contributed by atoms with Crippen molar-refractivity contribution in [1.29, 1.82) is 4.78 Å². The van der Waals surface area contributed by atoms with Crippen molar-refractivity contribution in [1.82, 2.24) is 0 Å². The fourth-order valence-corrected chi connectivity index (χ4v) is 4.26. The zero-order chi connectivity index (χ0) is 18.8. The van der Waals surface area contributed by atoms with Gasteiger partial charge in [0.15, 0.2) is 9.73 Å². The minimum atomic E-state index is -3.83. The van der Waals surface area contributed by atoms with Crippen molar-refractivity contribution in [2.24, 2.45) is 17.8 Å². The fourth-order valence-electron chi connectivity index (χ4n) is 3.29. The lowest BCUT2D eigenvalue weighted by Gasteiger charge is -2.36.